The number of carbonyl (C=O) groups is 3. The van der Waals surface area contributed by atoms with Gasteiger partial charge in [-0.1, -0.05) is 0 Å². The van der Waals surface area contributed by atoms with Gasteiger partial charge in [0.25, 0.3) is 0 Å². The van der Waals surface area contributed by atoms with Crippen LogP contribution in [0.25, 0.3) is 0 Å². The second-order valence-electron chi connectivity index (χ2n) is 5.84. The zero-order chi connectivity index (χ0) is 21.8. The largest absolute Gasteiger partial charge is 0.463 e. The van der Waals surface area contributed by atoms with Crippen LogP contribution < -0.4 is 10.6 Å². The molecular weight excluding hydrogens is 414 g/mol. The molecule has 0 saturated heterocycles. The molecule has 158 valence electrons. The van der Waals surface area contributed by atoms with Crippen molar-refractivity contribution in [3.63, 3.8) is 0 Å². The van der Waals surface area contributed by atoms with E-state index in [4.69, 9.17) is 9.47 Å². The van der Waals surface area contributed by atoms with Crippen molar-refractivity contribution < 1.29 is 41.1 Å². The highest BCUT2D eigenvalue weighted by molar-refractivity contribution is 7.91. The van der Waals surface area contributed by atoms with Crippen molar-refractivity contribution in [1.29, 1.82) is 0 Å². The molecule has 1 aliphatic rings. The van der Waals surface area contributed by atoms with Gasteiger partial charge in [-0.15, -0.1) is 0 Å². The number of rotatable bonds is 7. The van der Waals surface area contributed by atoms with Gasteiger partial charge in [0.2, 0.25) is 9.84 Å². The summed E-state index contributed by atoms with van der Waals surface area (Å²) in [5.74, 6) is -5.19. The fourth-order valence-corrected chi connectivity index (χ4v) is 3.22. The molecule has 1 unspecified atom stereocenters. The molecule has 2 N–H and O–H groups in total. The maximum absolute atomic E-state index is 12.5. The van der Waals surface area contributed by atoms with Crippen LogP contribution in [0.5, 0.6) is 0 Å². The van der Waals surface area contributed by atoms with Gasteiger partial charge in [0, 0.05) is 0 Å². The molecule has 1 aromatic rings. The summed E-state index contributed by atoms with van der Waals surface area (Å²) in [5, 5.41) is 4.85. The summed E-state index contributed by atoms with van der Waals surface area (Å²) in [7, 11) is -4.78. The highest BCUT2D eigenvalue weighted by Gasteiger charge is 2.30. The Hall–Kier alpha value is -3.02. The van der Waals surface area contributed by atoms with Gasteiger partial charge in [0.05, 0.1) is 34.4 Å². The predicted molar refractivity (Wildman–Crippen MR) is 94.7 cm³/mol. The highest BCUT2D eigenvalue weighted by atomic mass is 32.2. The van der Waals surface area contributed by atoms with Crippen molar-refractivity contribution in [1.82, 2.24) is 10.6 Å². The standard InChI is InChI=1S/C17H18F2N2O7S/c1-3-27-15(23)13-9(2)20-17(24)21-12(13)8-28-14(22)10-4-6-11(7-5-10)29(25,26)16(18)19/h4-7,9,16H,3,8H2,1-2H3,(H2,20,21,24). The van der Waals surface area contributed by atoms with Gasteiger partial charge in [0.15, 0.2) is 0 Å². The Bertz CT molecular complexity index is 943. The second kappa shape index (κ2) is 8.99. The molecule has 2 rings (SSSR count). The number of benzene rings is 1. The molecule has 2 amide bonds. The van der Waals surface area contributed by atoms with Gasteiger partial charge in [-0.3, -0.25) is 0 Å². The van der Waals surface area contributed by atoms with Crippen molar-refractivity contribution in [2.75, 3.05) is 13.2 Å². The maximum Gasteiger partial charge on any atom is 0.341 e. The number of esters is 2. The molecule has 1 aromatic carbocycles. The fraction of sp³-hybridized carbons (Fsp3) is 0.353. The van der Waals surface area contributed by atoms with Crippen LogP contribution in [0.4, 0.5) is 13.6 Å². The summed E-state index contributed by atoms with van der Waals surface area (Å²) in [6.45, 7) is 2.79. The van der Waals surface area contributed by atoms with Gasteiger partial charge in [-0.25, -0.2) is 22.8 Å². The average molecular weight is 432 g/mol. The molecule has 0 fully saturated rings. The summed E-state index contributed by atoms with van der Waals surface area (Å²) in [4.78, 5) is 35.3. The van der Waals surface area contributed by atoms with Crippen LogP contribution in [0, 0.1) is 0 Å². The number of alkyl halides is 2. The number of ether oxygens (including phenoxy) is 2. The average Bonchev–Trinajstić information content (AvgIpc) is 2.65. The van der Waals surface area contributed by atoms with Gasteiger partial charge in [0.1, 0.15) is 6.61 Å². The smallest absolute Gasteiger partial charge is 0.341 e. The zero-order valence-corrected chi connectivity index (χ0v) is 16.2. The van der Waals surface area contributed by atoms with E-state index in [0.29, 0.717) is 0 Å². The Morgan fingerprint density at radius 3 is 2.31 bits per heavy atom. The maximum atomic E-state index is 12.5. The first-order chi connectivity index (χ1) is 13.6. The van der Waals surface area contributed by atoms with E-state index in [1.807, 2.05) is 0 Å². The number of amides is 2. The van der Waals surface area contributed by atoms with Crippen molar-refractivity contribution in [3.05, 3.63) is 41.1 Å². The van der Waals surface area contributed by atoms with E-state index in [1.54, 1.807) is 13.8 Å². The molecule has 29 heavy (non-hydrogen) atoms. The van der Waals surface area contributed by atoms with Crippen LogP contribution >= 0.6 is 0 Å². The number of halogens is 2. The fourth-order valence-electron chi connectivity index (χ4n) is 2.50. The molecule has 0 saturated carbocycles. The summed E-state index contributed by atoms with van der Waals surface area (Å²) < 4.78 is 57.9. The lowest BCUT2D eigenvalue weighted by Crippen LogP contribution is -2.50. The molecule has 0 bridgehead atoms. The summed E-state index contributed by atoms with van der Waals surface area (Å²) in [5.41, 5.74) is 0.00684. The third-order valence-corrected chi connectivity index (χ3v) is 5.26. The van der Waals surface area contributed by atoms with E-state index in [9.17, 15) is 31.6 Å². The molecule has 0 radical (unpaired) electrons. The minimum atomic E-state index is -4.78. The zero-order valence-electron chi connectivity index (χ0n) is 15.4. The highest BCUT2D eigenvalue weighted by Crippen LogP contribution is 2.19. The summed E-state index contributed by atoms with van der Waals surface area (Å²) in [6.07, 6.45) is 0. The Balaban J connectivity index is 2.16. The molecule has 0 aliphatic carbocycles. The third kappa shape index (κ3) is 5.08. The van der Waals surface area contributed by atoms with Gasteiger partial charge >= 0.3 is 23.7 Å². The lowest BCUT2D eigenvalue weighted by atomic mass is 10.0. The van der Waals surface area contributed by atoms with E-state index < -0.39 is 51.1 Å². The van der Waals surface area contributed by atoms with Gasteiger partial charge in [-0.05, 0) is 38.1 Å². The molecule has 1 atom stereocenters. The van der Waals surface area contributed by atoms with Crippen LogP contribution in [0.15, 0.2) is 40.4 Å². The van der Waals surface area contributed by atoms with Crippen molar-refractivity contribution in [2.24, 2.45) is 0 Å². The molecule has 9 nitrogen and oxygen atoms in total. The Morgan fingerprint density at radius 1 is 1.14 bits per heavy atom. The van der Waals surface area contributed by atoms with Gasteiger partial charge in [-0.2, -0.15) is 8.78 Å². The topological polar surface area (TPSA) is 128 Å². The van der Waals surface area contributed by atoms with Crippen LogP contribution in [-0.2, 0) is 24.1 Å². The molecule has 12 heteroatoms. The lowest BCUT2D eigenvalue weighted by Gasteiger charge is -2.26. The van der Waals surface area contributed by atoms with Crippen molar-refractivity contribution in [3.8, 4) is 0 Å². The first-order valence-electron chi connectivity index (χ1n) is 8.34. The first-order valence-corrected chi connectivity index (χ1v) is 9.89. The van der Waals surface area contributed by atoms with Crippen LogP contribution in [0.2, 0.25) is 0 Å². The number of urea groups is 1. The van der Waals surface area contributed by atoms with E-state index in [0.717, 1.165) is 24.3 Å². The minimum Gasteiger partial charge on any atom is -0.463 e. The van der Waals surface area contributed by atoms with Crippen molar-refractivity contribution in [2.45, 2.75) is 30.5 Å². The Kier molecular flexibility index (Phi) is 6.90. The van der Waals surface area contributed by atoms with Crippen molar-refractivity contribution >= 4 is 27.8 Å². The van der Waals surface area contributed by atoms with E-state index >= 15 is 0 Å². The SMILES string of the molecule is CCOC(=O)C1=C(COC(=O)c2ccc(S(=O)(=O)C(F)F)cc2)NC(=O)NC1C. The van der Waals surface area contributed by atoms with E-state index in [2.05, 4.69) is 10.6 Å². The minimum absolute atomic E-state index is 0.0324. The van der Waals surface area contributed by atoms with Crippen LogP contribution in [-0.4, -0.2) is 51.4 Å². The van der Waals surface area contributed by atoms with E-state index in [1.165, 1.54) is 0 Å². The predicted octanol–water partition coefficient (Wildman–Crippen LogP) is 1.36. The number of hydrogen-bond acceptors (Lipinski definition) is 7. The number of hydrogen-bond donors (Lipinski definition) is 2. The normalized spacial score (nSPS) is 16.9. The number of nitrogens with one attached hydrogen (secondary N) is 2. The monoisotopic (exact) mass is 432 g/mol. The second-order valence-corrected chi connectivity index (χ2v) is 7.76. The molecule has 0 aromatic heterocycles. The number of carbonyl (C=O) groups excluding carboxylic acids is 3. The summed E-state index contributed by atoms with van der Waals surface area (Å²) >= 11 is 0. The molecule has 1 heterocycles. The summed E-state index contributed by atoms with van der Waals surface area (Å²) in [6, 6.07) is 2.46. The van der Waals surface area contributed by atoms with Crippen LogP contribution in [0.3, 0.4) is 0 Å². The van der Waals surface area contributed by atoms with Gasteiger partial charge < -0.3 is 20.1 Å². The Morgan fingerprint density at radius 2 is 1.76 bits per heavy atom. The number of sulfone groups is 1. The molecular formula is C17H18F2N2O7S. The van der Waals surface area contributed by atoms with E-state index in [-0.39, 0.29) is 23.4 Å². The quantitative estimate of drug-likeness (QED) is 0.623. The molecule has 1 aliphatic heterocycles. The Labute approximate surface area is 165 Å². The lowest BCUT2D eigenvalue weighted by molar-refractivity contribution is -0.139. The first kappa shape index (κ1) is 22.3. The third-order valence-electron chi connectivity index (χ3n) is 3.87. The van der Waals surface area contributed by atoms with Crippen LogP contribution in [0.1, 0.15) is 24.2 Å². The molecule has 0 spiro atoms.